The largest absolute Gasteiger partial charge is 0.454 e. The Morgan fingerprint density at radius 2 is 1.36 bits per heavy atom. The van der Waals surface area contributed by atoms with Gasteiger partial charge in [0.05, 0.1) is 0 Å². The molecule has 3 heterocycles. The maximum atomic E-state index is 13.3. The number of hydrogen-bond donors (Lipinski definition) is 0. The first-order chi connectivity index (χ1) is 16.2. The van der Waals surface area contributed by atoms with E-state index in [1.54, 1.807) is 0 Å². The number of carbonyl (C=O) groups is 1. The zero-order chi connectivity index (χ0) is 22.6. The van der Waals surface area contributed by atoms with Crippen LogP contribution in [0.1, 0.15) is 53.6 Å². The fraction of sp³-hybridized carbons (Fsp3) is 0.500. The van der Waals surface area contributed by atoms with Crippen LogP contribution in [0.3, 0.4) is 0 Å². The van der Waals surface area contributed by atoms with Crippen molar-refractivity contribution in [2.75, 3.05) is 40.3 Å². The molecule has 3 aliphatic rings. The van der Waals surface area contributed by atoms with Crippen molar-refractivity contribution in [1.82, 2.24) is 9.80 Å². The first-order valence-corrected chi connectivity index (χ1v) is 12.0. The summed E-state index contributed by atoms with van der Waals surface area (Å²) in [5.41, 5.74) is 3.34. The third-order valence-corrected chi connectivity index (χ3v) is 6.63. The highest BCUT2D eigenvalue weighted by Crippen LogP contribution is 2.36. The predicted octanol–water partition coefficient (Wildman–Crippen LogP) is 4.22. The number of benzene rings is 2. The average Bonchev–Trinajstić information content (AvgIpc) is 3.47. The first kappa shape index (κ1) is 21.9. The maximum Gasteiger partial charge on any atom is 0.253 e. The zero-order valence-corrected chi connectivity index (χ0v) is 19.3. The molecular formula is C26H32N2O5. The molecule has 0 bridgehead atoms. The van der Waals surface area contributed by atoms with Crippen molar-refractivity contribution in [3.8, 4) is 23.0 Å². The van der Waals surface area contributed by atoms with Gasteiger partial charge in [0.15, 0.2) is 23.0 Å². The molecule has 2 aromatic carbocycles. The van der Waals surface area contributed by atoms with Crippen molar-refractivity contribution >= 4 is 5.91 Å². The van der Waals surface area contributed by atoms with Gasteiger partial charge in [-0.2, -0.15) is 0 Å². The van der Waals surface area contributed by atoms with Gasteiger partial charge in [-0.15, -0.1) is 0 Å². The van der Waals surface area contributed by atoms with E-state index < -0.39 is 0 Å². The van der Waals surface area contributed by atoms with Gasteiger partial charge in [-0.1, -0.05) is 6.42 Å². The van der Waals surface area contributed by atoms with Gasteiger partial charge < -0.3 is 28.7 Å². The Morgan fingerprint density at radius 1 is 0.727 bits per heavy atom. The molecule has 0 atom stereocenters. The molecule has 2 aromatic rings. The van der Waals surface area contributed by atoms with Crippen LogP contribution in [0.5, 0.6) is 23.0 Å². The quantitative estimate of drug-likeness (QED) is 0.646. The molecule has 33 heavy (non-hydrogen) atoms. The number of aryl methyl sites for hydroxylation is 1. The topological polar surface area (TPSA) is 60.5 Å². The normalized spacial score (nSPS) is 19.1. The van der Waals surface area contributed by atoms with Crippen molar-refractivity contribution in [2.24, 2.45) is 0 Å². The van der Waals surface area contributed by atoms with Crippen LogP contribution in [-0.4, -0.2) is 56.0 Å². The number of hydrogen-bond acceptors (Lipinski definition) is 6. The van der Waals surface area contributed by atoms with Crippen LogP contribution < -0.4 is 18.9 Å². The Morgan fingerprint density at radius 3 is 2.15 bits per heavy atom. The summed E-state index contributed by atoms with van der Waals surface area (Å²) in [5, 5.41) is 0. The van der Waals surface area contributed by atoms with Crippen molar-refractivity contribution in [2.45, 2.75) is 45.1 Å². The van der Waals surface area contributed by atoms with Crippen LogP contribution in [0.4, 0.5) is 0 Å². The van der Waals surface area contributed by atoms with Gasteiger partial charge in [0.25, 0.3) is 5.91 Å². The molecule has 0 spiro atoms. The monoisotopic (exact) mass is 452 g/mol. The molecule has 5 rings (SSSR count). The van der Waals surface area contributed by atoms with E-state index in [9.17, 15) is 4.79 Å². The van der Waals surface area contributed by atoms with Gasteiger partial charge in [-0.3, -0.25) is 4.79 Å². The standard InChI is InChI=1S/C26H32N2O5/c1-27-10-5-6-12-28(26(29)20-8-9-22-23(14-20)31-17-30-22)11-4-2-3-7-19-13-24-25(33-18-32-24)15-21(19)16-27/h8-9,13-15H,2-7,10-12,16-18H2,1H3. The summed E-state index contributed by atoms with van der Waals surface area (Å²) in [4.78, 5) is 17.6. The lowest BCUT2D eigenvalue weighted by atomic mass is 9.99. The van der Waals surface area contributed by atoms with Crippen LogP contribution >= 0.6 is 0 Å². The number of nitrogens with zero attached hydrogens (tertiary/aromatic N) is 2. The number of rotatable bonds is 1. The van der Waals surface area contributed by atoms with Crippen LogP contribution in [0, 0.1) is 0 Å². The van der Waals surface area contributed by atoms with E-state index in [-0.39, 0.29) is 12.7 Å². The molecule has 176 valence electrons. The highest BCUT2D eigenvalue weighted by molar-refractivity contribution is 5.95. The molecule has 7 nitrogen and oxygen atoms in total. The van der Waals surface area contributed by atoms with Crippen LogP contribution in [-0.2, 0) is 13.0 Å². The lowest BCUT2D eigenvalue weighted by Crippen LogP contribution is -2.33. The van der Waals surface area contributed by atoms with E-state index in [4.69, 9.17) is 18.9 Å². The predicted molar refractivity (Wildman–Crippen MR) is 124 cm³/mol. The molecule has 7 heteroatoms. The molecular weight excluding hydrogens is 420 g/mol. The lowest BCUT2D eigenvalue weighted by molar-refractivity contribution is 0.0747. The summed E-state index contributed by atoms with van der Waals surface area (Å²) in [5.74, 6) is 3.16. The lowest BCUT2D eigenvalue weighted by Gasteiger charge is -2.25. The minimum atomic E-state index is 0.0757. The highest BCUT2D eigenvalue weighted by atomic mass is 16.7. The van der Waals surface area contributed by atoms with Gasteiger partial charge in [0.1, 0.15) is 0 Å². The van der Waals surface area contributed by atoms with E-state index >= 15 is 0 Å². The minimum Gasteiger partial charge on any atom is -0.454 e. The van der Waals surface area contributed by atoms with Gasteiger partial charge in [-0.05, 0) is 87.2 Å². The zero-order valence-electron chi connectivity index (χ0n) is 19.3. The Bertz CT molecular complexity index is 1010. The second-order valence-electron chi connectivity index (χ2n) is 9.09. The molecule has 3 aliphatic heterocycles. The molecule has 0 saturated carbocycles. The molecule has 1 amide bonds. The van der Waals surface area contributed by atoms with Gasteiger partial charge in [-0.25, -0.2) is 0 Å². The third-order valence-electron chi connectivity index (χ3n) is 6.63. The summed E-state index contributed by atoms with van der Waals surface area (Å²) < 4.78 is 22.1. The average molecular weight is 453 g/mol. The fourth-order valence-corrected chi connectivity index (χ4v) is 4.78. The summed E-state index contributed by atoms with van der Waals surface area (Å²) in [6.45, 7) is 3.95. The molecule has 0 N–H and O–H groups in total. The molecule has 0 unspecified atom stereocenters. The number of fused-ring (bicyclic) bond motifs is 3. The fourth-order valence-electron chi connectivity index (χ4n) is 4.78. The molecule has 0 saturated heterocycles. The SMILES string of the molecule is CN1CCCCN(C(=O)c2ccc3c(c2)OCO3)CCCCCc2cc3c(cc2C1)OCO3. The number of amides is 1. The van der Waals surface area contributed by atoms with E-state index in [0.717, 1.165) is 76.2 Å². The summed E-state index contributed by atoms with van der Waals surface area (Å²) in [6, 6.07) is 9.80. The Labute approximate surface area is 195 Å². The smallest absolute Gasteiger partial charge is 0.253 e. The van der Waals surface area contributed by atoms with Crippen LogP contribution in [0.15, 0.2) is 30.3 Å². The summed E-state index contributed by atoms with van der Waals surface area (Å²) in [7, 11) is 2.16. The van der Waals surface area contributed by atoms with E-state index in [1.807, 2.05) is 23.1 Å². The minimum absolute atomic E-state index is 0.0757. The Balaban J connectivity index is 1.26. The summed E-state index contributed by atoms with van der Waals surface area (Å²) in [6.07, 6.45) is 6.19. The van der Waals surface area contributed by atoms with E-state index in [1.165, 1.54) is 11.1 Å². The van der Waals surface area contributed by atoms with Gasteiger partial charge >= 0.3 is 0 Å². The number of ether oxygens (including phenoxy) is 4. The van der Waals surface area contributed by atoms with Gasteiger partial charge in [0, 0.05) is 25.2 Å². The molecule has 0 radical (unpaired) electrons. The Hall–Kier alpha value is -2.93. The second kappa shape index (κ2) is 9.91. The molecule has 0 aliphatic carbocycles. The third kappa shape index (κ3) is 5.03. The molecule has 0 aromatic heterocycles. The Kier molecular flexibility index (Phi) is 6.58. The van der Waals surface area contributed by atoms with Crippen molar-refractivity contribution in [3.63, 3.8) is 0 Å². The van der Waals surface area contributed by atoms with Gasteiger partial charge in [0.2, 0.25) is 13.6 Å². The second-order valence-corrected chi connectivity index (χ2v) is 9.09. The van der Waals surface area contributed by atoms with Crippen molar-refractivity contribution < 1.29 is 23.7 Å². The van der Waals surface area contributed by atoms with Crippen LogP contribution in [0.2, 0.25) is 0 Å². The number of carbonyl (C=O) groups excluding carboxylic acids is 1. The van der Waals surface area contributed by atoms with Crippen molar-refractivity contribution in [3.05, 3.63) is 47.0 Å². The van der Waals surface area contributed by atoms with E-state index in [0.29, 0.717) is 23.9 Å². The van der Waals surface area contributed by atoms with E-state index in [2.05, 4.69) is 24.1 Å². The first-order valence-electron chi connectivity index (χ1n) is 12.0. The van der Waals surface area contributed by atoms with Crippen molar-refractivity contribution in [1.29, 1.82) is 0 Å². The maximum absolute atomic E-state index is 13.3. The highest BCUT2D eigenvalue weighted by Gasteiger charge is 2.21. The molecule has 0 fully saturated rings. The van der Waals surface area contributed by atoms with Crippen LogP contribution in [0.25, 0.3) is 0 Å². The summed E-state index contributed by atoms with van der Waals surface area (Å²) >= 11 is 0.